The van der Waals surface area contributed by atoms with E-state index in [1.54, 1.807) is 49.4 Å². The Morgan fingerprint density at radius 2 is 2.05 bits per heavy atom. The lowest BCUT2D eigenvalue weighted by molar-refractivity contribution is 0.0471. The van der Waals surface area contributed by atoms with Gasteiger partial charge in [0.2, 0.25) is 0 Å². The van der Waals surface area contributed by atoms with Gasteiger partial charge in [-0.25, -0.2) is 4.79 Å². The molecule has 0 bridgehead atoms. The number of nitrogen functional groups attached to an aromatic ring is 1. The van der Waals surface area contributed by atoms with Crippen molar-refractivity contribution in [1.82, 2.24) is 0 Å². The third-order valence-corrected chi connectivity index (χ3v) is 2.97. The third-order valence-electron chi connectivity index (χ3n) is 2.97. The number of hydrogen-bond donors (Lipinski definition) is 1. The quantitative estimate of drug-likeness (QED) is 0.684. The zero-order valence-electron chi connectivity index (χ0n) is 11.1. The molecule has 2 aromatic carbocycles. The fourth-order valence-electron chi connectivity index (χ4n) is 1.89. The predicted octanol–water partition coefficient (Wildman–Crippen LogP) is 2.81. The van der Waals surface area contributed by atoms with E-state index in [4.69, 9.17) is 15.7 Å². The summed E-state index contributed by atoms with van der Waals surface area (Å²) in [7, 11) is 0. The Bertz CT molecular complexity index is 687. The first-order valence-corrected chi connectivity index (χ1v) is 6.13. The summed E-state index contributed by atoms with van der Waals surface area (Å²) in [5.41, 5.74) is 8.70. The molecule has 0 aliphatic rings. The summed E-state index contributed by atoms with van der Waals surface area (Å²) < 4.78 is 5.25. The van der Waals surface area contributed by atoms with Crippen molar-refractivity contribution in [1.29, 1.82) is 5.26 Å². The first kappa shape index (κ1) is 13.6. The Balaban J connectivity index is 2.11. The number of aryl methyl sites for hydroxylation is 1. The van der Waals surface area contributed by atoms with Crippen LogP contribution in [0.15, 0.2) is 42.5 Å². The highest BCUT2D eigenvalue weighted by Gasteiger charge is 2.11. The van der Waals surface area contributed by atoms with Gasteiger partial charge in [0.15, 0.2) is 0 Å². The molecule has 4 heteroatoms. The Morgan fingerprint density at radius 3 is 2.75 bits per heavy atom. The molecule has 0 fully saturated rings. The van der Waals surface area contributed by atoms with Gasteiger partial charge in [-0.1, -0.05) is 18.2 Å². The number of nitrogens with zero attached hydrogens (tertiary/aromatic N) is 1. The summed E-state index contributed by atoms with van der Waals surface area (Å²) in [5, 5.41) is 8.97. The van der Waals surface area contributed by atoms with Crippen LogP contribution in [0.25, 0.3) is 0 Å². The Hall–Kier alpha value is -2.80. The van der Waals surface area contributed by atoms with Gasteiger partial charge in [0.1, 0.15) is 6.61 Å². The first-order chi connectivity index (χ1) is 9.61. The summed E-state index contributed by atoms with van der Waals surface area (Å²) in [5.74, 6) is -0.421. The zero-order chi connectivity index (χ0) is 14.5. The summed E-state index contributed by atoms with van der Waals surface area (Å²) in [6.07, 6.45) is 0. The maximum Gasteiger partial charge on any atom is 0.338 e. The number of nitrogens with two attached hydrogens (primary N) is 1. The first-order valence-electron chi connectivity index (χ1n) is 6.13. The lowest BCUT2D eigenvalue weighted by atomic mass is 10.1. The van der Waals surface area contributed by atoms with Crippen LogP contribution in [0, 0.1) is 18.3 Å². The summed E-state index contributed by atoms with van der Waals surface area (Å²) in [4.78, 5) is 12.0. The van der Waals surface area contributed by atoms with Crippen molar-refractivity contribution in [2.45, 2.75) is 13.5 Å². The molecule has 0 saturated carbocycles. The van der Waals surface area contributed by atoms with Crippen LogP contribution in [-0.2, 0) is 11.3 Å². The summed E-state index contributed by atoms with van der Waals surface area (Å²) in [6, 6.07) is 14.1. The molecule has 0 aromatic heterocycles. The molecular weight excluding hydrogens is 252 g/mol. The molecule has 0 spiro atoms. The minimum atomic E-state index is -0.421. The van der Waals surface area contributed by atoms with Crippen molar-refractivity contribution in [2.75, 3.05) is 5.73 Å². The molecule has 0 heterocycles. The van der Waals surface area contributed by atoms with Crippen LogP contribution in [0.4, 0.5) is 5.69 Å². The Kier molecular flexibility index (Phi) is 4.02. The molecule has 20 heavy (non-hydrogen) atoms. The number of ether oxygens (including phenoxy) is 1. The van der Waals surface area contributed by atoms with Gasteiger partial charge in [-0.3, -0.25) is 0 Å². The van der Waals surface area contributed by atoms with Crippen molar-refractivity contribution in [2.24, 2.45) is 0 Å². The number of anilines is 1. The van der Waals surface area contributed by atoms with Crippen LogP contribution in [0.5, 0.6) is 0 Å². The SMILES string of the molecule is Cc1cc(N)ccc1C(=O)OCc1ccccc1C#N. The average Bonchev–Trinajstić information content (AvgIpc) is 2.45. The number of nitriles is 1. The lowest BCUT2D eigenvalue weighted by Crippen LogP contribution is -2.08. The van der Waals surface area contributed by atoms with Gasteiger partial charge in [0.05, 0.1) is 17.2 Å². The largest absolute Gasteiger partial charge is 0.457 e. The number of benzene rings is 2. The molecule has 4 nitrogen and oxygen atoms in total. The average molecular weight is 266 g/mol. The molecule has 2 rings (SSSR count). The van der Waals surface area contributed by atoms with E-state index in [9.17, 15) is 4.79 Å². The molecule has 0 saturated heterocycles. The van der Waals surface area contributed by atoms with Crippen molar-refractivity contribution >= 4 is 11.7 Å². The minimum absolute atomic E-state index is 0.0758. The van der Waals surface area contributed by atoms with Gasteiger partial charge in [-0.2, -0.15) is 5.26 Å². The summed E-state index contributed by atoms with van der Waals surface area (Å²) >= 11 is 0. The molecule has 100 valence electrons. The van der Waals surface area contributed by atoms with Gasteiger partial charge in [-0.05, 0) is 36.8 Å². The van der Waals surface area contributed by atoms with Gasteiger partial charge in [0.25, 0.3) is 0 Å². The minimum Gasteiger partial charge on any atom is -0.457 e. The number of carbonyl (C=O) groups is 1. The smallest absolute Gasteiger partial charge is 0.338 e. The van der Waals surface area contributed by atoms with E-state index in [1.807, 2.05) is 0 Å². The van der Waals surface area contributed by atoms with Crippen molar-refractivity contribution in [3.05, 3.63) is 64.7 Å². The Labute approximate surface area is 117 Å². The second-order valence-electron chi connectivity index (χ2n) is 4.42. The van der Waals surface area contributed by atoms with Crippen LogP contribution in [0.3, 0.4) is 0 Å². The molecular formula is C16H14N2O2. The number of rotatable bonds is 3. The van der Waals surface area contributed by atoms with Crippen LogP contribution in [-0.4, -0.2) is 5.97 Å². The maximum absolute atomic E-state index is 12.0. The van der Waals surface area contributed by atoms with Crippen molar-refractivity contribution in [3.8, 4) is 6.07 Å². The van der Waals surface area contributed by atoms with Crippen LogP contribution < -0.4 is 5.73 Å². The second kappa shape index (κ2) is 5.89. The monoisotopic (exact) mass is 266 g/mol. The fourth-order valence-corrected chi connectivity index (χ4v) is 1.89. The highest BCUT2D eigenvalue weighted by molar-refractivity contribution is 5.91. The summed E-state index contributed by atoms with van der Waals surface area (Å²) in [6.45, 7) is 1.88. The van der Waals surface area contributed by atoms with E-state index < -0.39 is 5.97 Å². The molecule has 0 atom stereocenters. The maximum atomic E-state index is 12.0. The van der Waals surface area contributed by atoms with E-state index in [1.165, 1.54) is 0 Å². The number of hydrogen-bond acceptors (Lipinski definition) is 4. The van der Waals surface area contributed by atoms with Crippen LogP contribution >= 0.6 is 0 Å². The van der Waals surface area contributed by atoms with Gasteiger partial charge >= 0.3 is 5.97 Å². The number of esters is 1. The highest BCUT2D eigenvalue weighted by atomic mass is 16.5. The van der Waals surface area contributed by atoms with Crippen molar-refractivity contribution in [3.63, 3.8) is 0 Å². The zero-order valence-corrected chi connectivity index (χ0v) is 11.1. The van der Waals surface area contributed by atoms with Crippen LogP contribution in [0.1, 0.15) is 27.0 Å². The second-order valence-corrected chi connectivity index (χ2v) is 4.42. The topological polar surface area (TPSA) is 76.1 Å². The van der Waals surface area contributed by atoms with E-state index in [-0.39, 0.29) is 6.61 Å². The molecule has 0 radical (unpaired) electrons. The standard InChI is InChI=1S/C16H14N2O2/c1-11-8-14(18)6-7-15(11)16(19)20-10-13-5-3-2-4-12(13)9-17/h2-8H,10,18H2,1H3. The molecule has 0 amide bonds. The molecule has 2 aromatic rings. The van der Waals surface area contributed by atoms with Crippen molar-refractivity contribution < 1.29 is 9.53 Å². The van der Waals surface area contributed by atoms with Gasteiger partial charge < -0.3 is 10.5 Å². The van der Waals surface area contributed by atoms with Gasteiger partial charge in [-0.15, -0.1) is 0 Å². The Morgan fingerprint density at radius 1 is 1.30 bits per heavy atom. The molecule has 0 aliphatic carbocycles. The van der Waals surface area contributed by atoms with E-state index >= 15 is 0 Å². The van der Waals surface area contributed by atoms with Crippen LogP contribution in [0.2, 0.25) is 0 Å². The third kappa shape index (κ3) is 2.96. The number of carbonyl (C=O) groups excluding carboxylic acids is 1. The molecule has 0 unspecified atom stereocenters. The van der Waals surface area contributed by atoms with Gasteiger partial charge in [0, 0.05) is 11.3 Å². The normalized spacial score (nSPS) is 9.80. The van der Waals surface area contributed by atoms with E-state index in [0.717, 1.165) is 5.56 Å². The molecule has 2 N–H and O–H groups in total. The van der Waals surface area contributed by atoms with E-state index in [0.29, 0.717) is 22.4 Å². The predicted molar refractivity (Wildman–Crippen MR) is 75.9 cm³/mol. The highest BCUT2D eigenvalue weighted by Crippen LogP contribution is 2.15. The molecule has 0 aliphatic heterocycles. The van der Waals surface area contributed by atoms with E-state index in [2.05, 4.69) is 6.07 Å². The lowest BCUT2D eigenvalue weighted by Gasteiger charge is -2.08. The fraction of sp³-hybridized carbons (Fsp3) is 0.125.